The molecule has 1 N–H and O–H groups in total. The Morgan fingerprint density at radius 2 is 1.72 bits per heavy atom. The summed E-state index contributed by atoms with van der Waals surface area (Å²) in [6.07, 6.45) is 4.44. The molecule has 1 heterocycles. The maximum Gasteiger partial charge on any atom is 0.267 e. The van der Waals surface area contributed by atoms with Crippen LogP contribution in [-0.2, 0) is 14.8 Å². The number of nitrogens with zero attached hydrogens (tertiary/aromatic N) is 1. The van der Waals surface area contributed by atoms with E-state index in [2.05, 4.69) is 18.7 Å². The molecule has 2 fully saturated rings. The zero-order chi connectivity index (χ0) is 28.5. The molecule has 1 saturated carbocycles. The maximum absolute atomic E-state index is 14.8. The molecule has 0 radical (unpaired) electrons. The number of rotatable bonds is 10. The van der Waals surface area contributed by atoms with E-state index in [1.165, 1.54) is 12.1 Å². The molecular formula is C28H35Cl2FN2O5S. The molecule has 2 aliphatic rings. The minimum Gasteiger partial charge on any atom is -0.493 e. The maximum atomic E-state index is 14.8. The van der Waals surface area contributed by atoms with Crippen LogP contribution in [0.5, 0.6) is 5.75 Å². The summed E-state index contributed by atoms with van der Waals surface area (Å²) in [5.74, 6) is -0.937. The summed E-state index contributed by atoms with van der Waals surface area (Å²) in [4.78, 5) is 14.7. The Balaban J connectivity index is 1.44. The Bertz CT molecular complexity index is 1310. The Kier molecular flexibility index (Phi) is 9.18. The molecular weight excluding hydrogens is 566 g/mol. The fraction of sp³-hybridized carbons (Fsp3) is 0.536. The number of ether oxygens (including phenoxy) is 2. The number of carbonyl (C=O) groups is 1. The lowest BCUT2D eigenvalue weighted by atomic mass is 9.87. The first-order valence-electron chi connectivity index (χ1n) is 13.0. The van der Waals surface area contributed by atoms with Crippen molar-refractivity contribution in [1.29, 1.82) is 0 Å². The van der Waals surface area contributed by atoms with Gasteiger partial charge in [-0.3, -0.25) is 9.69 Å². The van der Waals surface area contributed by atoms with E-state index in [4.69, 9.17) is 32.7 Å². The monoisotopic (exact) mass is 600 g/mol. The van der Waals surface area contributed by atoms with Crippen molar-refractivity contribution in [3.8, 4) is 5.75 Å². The number of piperidine rings is 1. The Morgan fingerprint density at radius 3 is 2.26 bits per heavy atom. The number of halogens is 3. The topological polar surface area (TPSA) is 84.9 Å². The van der Waals surface area contributed by atoms with E-state index in [1.54, 1.807) is 13.2 Å². The van der Waals surface area contributed by atoms with E-state index < -0.39 is 27.3 Å². The first-order chi connectivity index (χ1) is 18.3. The van der Waals surface area contributed by atoms with Crippen LogP contribution in [0.15, 0.2) is 30.3 Å². The van der Waals surface area contributed by atoms with Crippen LogP contribution in [0.25, 0.3) is 0 Å². The van der Waals surface area contributed by atoms with Gasteiger partial charge in [0.25, 0.3) is 5.91 Å². The second kappa shape index (κ2) is 11.9. The van der Waals surface area contributed by atoms with Crippen LogP contribution in [0.4, 0.5) is 4.39 Å². The first-order valence-corrected chi connectivity index (χ1v) is 15.7. The van der Waals surface area contributed by atoms with Gasteiger partial charge in [0.05, 0.1) is 30.1 Å². The van der Waals surface area contributed by atoms with Gasteiger partial charge in [-0.05, 0) is 99.8 Å². The minimum atomic E-state index is -3.81. The lowest BCUT2D eigenvalue weighted by Gasteiger charge is -2.44. The summed E-state index contributed by atoms with van der Waals surface area (Å²) in [6.45, 7) is 6.14. The average Bonchev–Trinajstić information content (AvgIpc) is 3.67. The van der Waals surface area contributed by atoms with Gasteiger partial charge in [-0.25, -0.2) is 17.5 Å². The number of carbonyl (C=O) groups excluding carboxylic acids is 1. The van der Waals surface area contributed by atoms with E-state index in [0.717, 1.165) is 56.2 Å². The third-order valence-electron chi connectivity index (χ3n) is 7.51. The van der Waals surface area contributed by atoms with Gasteiger partial charge >= 0.3 is 0 Å². The van der Waals surface area contributed by atoms with Crippen LogP contribution in [0.3, 0.4) is 0 Å². The number of methoxy groups -OCH3 is 1. The number of amides is 1. The zero-order valence-electron chi connectivity index (χ0n) is 22.6. The number of hydrogen-bond acceptors (Lipinski definition) is 6. The molecule has 0 spiro atoms. The highest BCUT2D eigenvalue weighted by Gasteiger charge is 2.38. The van der Waals surface area contributed by atoms with Crippen LogP contribution in [-0.4, -0.2) is 57.9 Å². The standard InChI is InChI=1S/C28H35Cl2FN2O5S/c1-28(2,37-3)26(19-11-20(29)13-21(30)12-19)33-9-7-17(8-10-33)16-38-25-15-24(31)23(14-22(25)18-5-6-18)27(34)32-39(4,35)36/h11-15,17-18,26H,5-10,16H2,1-4H3,(H,32,34)/t26-/m1/s1. The molecule has 0 aromatic heterocycles. The highest BCUT2D eigenvalue weighted by molar-refractivity contribution is 7.89. The van der Waals surface area contributed by atoms with E-state index in [-0.39, 0.29) is 23.4 Å². The molecule has 1 aliphatic heterocycles. The average molecular weight is 602 g/mol. The molecule has 39 heavy (non-hydrogen) atoms. The third kappa shape index (κ3) is 7.64. The van der Waals surface area contributed by atoms with Crippen molar-refractivity contribution in [1.82, 2.24) is 9.62 Å². The summed E-state index contributed by atoms with van der Waals surface area (Å²) >= 11 is 12.6. The minimum absolute atomic E-state index is 0.0539. The quantitative estimate of drug-likeness (QED) is 0.362. The van der Waals surface area contributed by atoms with Gasteiger partial charge in [0, 0.05) is 23.2 Å². The van der Waals surface area contributed by atoms with Gasteiger partial charge in [-0.1, -0.05) is 23.2 Å². The fourth-order valence-electron chi connectivity index (χ4n) is 5.29. The van der Waals surface area contributed by atoms with Gasteiger partial charge in [0.1, 0.15) is 11.6 Å². The van der Waals surface area contributed by atoms with Crippen molar-refractivity contribution in [3.05, 3.63) is 62.9 Å². The zero-order valence-corrected chi connectivity index (χ0v) is 24.9. The summed E-state index contributed by atoms with van der Waals surface area (Å²) in [5.41, 5.74) is 0.959. The molecule has 0 bridgehead atoms. The Morgan fingerprint density at radius 1 is 1.10 bits per heavy atom. The molecule has 214 valence electrons. The normalized spacial score (nSPS) is 18.1. The number of likely N-dealkylation sites (tertiary alicyclic amines) is 1. The van der Waals surface area contributed by atoms with E-state index in [1.807, 2.05) is 16.9 Å². The van der Waals surface area contributed by atoms with Gasteiger partial charge in [0.15, 0.2) is 0 Å². The van der Waals surface area contributed by atoms with Crippen LogP contribution >= 0.6 is 23.2 Å². The Hall–Kier alpha value is -1.91. The highest BCUT2D eigenvalue weighted by Crippen LogP contribution is 2.45. The van der Waals surface area contributed by atoms with E-state index in [9.17, 15) is 17.6 Å². The van der Waals surface area contributed by atoms with Crippen molar-refractivity contribution in [2.45, 2.75) is 57.1 Å². The predicted octanol–water partition coefficient (Wildman–Crippen LogP) is 5.96. The first kappa shape index (κ1) is 30.1. The molecule has 1 saturated heterocycles. The molecule has 4 rings (SSSR count). The molecule has 0 unspecified atom stereocenters. The third-order valence-corrected chi connectivity index (χ3v) is 8.51. The summed E-state index contributed by atoms with van der Waals surface area (Å²) < 4.78 is 51.6. The lowest BCUT2D eigenvalue weighted by molar-refractivity contribution is -0.0644. The number of hydrogen-bond donors (Lipinski definition) is 1. The second-order valence-corrected chi connectivity index (χ2v) is 13.7. The van der Waals surface area contributed by atoms with Crippen LogP contribution in [0.2, 0.25) is 10.0 Å². The van der Waals surface area contributed by atoms with Gasteiger partial charge in [-0.2, -0.15) is 0 Å². The van der Waals surface area contributed by atoms with Gasteiger partial charge in [-0.15, -0.1) is 0 Å². The summed E-state index contributed by atoms with van der Waals surface area (Å²) in [6, 6.07) is 8.17. The van der Waals surface area contributed by atoms with Gasteiger partial charge in [0.2, 0.25) is 10.0 Å². The van der Waals surface area contributed by atoms with E-state index >= 15 is 0 Å². The van der Waals surface area contributed by atoms with Crippen LogP contribution < -0.4 is 9.46 Å². The molecule has 2 aromatic rings. The molecule has 1 atom stereocenters. The predicted molar refractivity (Wildman–Crippen MR) is 151 cm³/mol. The molecule has 1 aliphatic carbocycles. The van der Waals surface area contributed by atoms with Crippen molar-refractivity contribution in [2.75, 3.05) is 33.1 Å². The number of benzene rings is 2. The Labute approximate surface area is 240 Å². The lowest BCUT2D eigenvalue weighted by Crippen LogP contribution is -2.47. The van der Waals surface area contributed by atoms with Crippen molar-refractivity contribution in [2.24, 2.45) is 5.92 Å². The molecule has 11 heteroatoms. The summed E-state index contributed by atoms with van der Waals surface area (Å²) in [5, 5.41) is 1.16. The smallest absolute Gasteiger partial charge is 0.267 e. The second-order valence-electron chi connectivity index (χ2n) is 11.1. The number of nitrogens with one attached hydrogen (secondary N) is 1. The van der Waals surface area contributed by atoms with Crippen molar-refractivity contribution < 1.29 is 27.1 Å². The number of sulfonamides is 1. The van der Waals surface area contributed by atoms with E-state index in [0.29, 0.717) is 22.4 Å². The highest BCUT2D eigenvalue weighted by atomic mass is 35.5. The van der Waals surface area contributed by atoms with Crippen molar-refractivity contribution in [3.63, 3.8) is 0 Å². The molecule has 7 nitrogen and oxygen atoms in total. The summed E-state index contributed by atoms with van der Waals surface area (Å²) in [7, 11) is -2.11. The molecule has 1 amide bonds. The van der Waals surface area contributed by atoms with Crippen LogP contribution in [0, 0.1) is 11.7 Å². The SMILES string of the molecule is COC(C)(C)[C@@H](c1cc(Cl)cc(Cl)c1)N1CCC(COc2cc(F)c(C(=O)NS(C)(=O)=O)cc2C2CC2)CC1. The fourth-order valence-corrected chi connectivity index (χ4v) is 6.28. The van der Waals surface area contributed by atoms with Crippen LogP contribution in [0.1, 0.15) is 73.0 Å². The van der Waals surface area contributed by atoms with Crippen molar-refractivity contribution >= 4 is 39.1 Å². The van der Waals surface area contributed by atoms with Gasteiger partial charge < -0.3 is 9.47 Å². The largest absolute Gasteiger partial charge is 0.493 e. The molecule has 2 aromatic carbocycles.